The van der Waals surface area contributed by atoms with Crippen LogP contribution in [0.25, 0.3) is 15.9 Å². The number of fused-ring (bicyclic) bond motifs is 1. The number of nitrogens with zero attached hydrogens (tertiary/aromatic N) is 3. The molecule has 0 amide bonds. The molecule has 14 heavy (non-hydrogen) atoms. The SMILES string of the molecule is [C-]#[N+]C1(c2cccc3n[nH]nc23)CC1. The van der Waals surface area contributed by atoms with Crippen molar-refractivity contribution in [2.24, 2.45) is 0 Å². The standard InChI is InChI=1S/C10H8N4/c1-11-10(5-6-10)7-3-2-4-8-9(7)13-14-12-8/h2-4H,5-6H2,(H,12,13,14). The van der Waals surface area contributed by atoms with Crippen LogP contribution < -0.4 is 0 Å². The van der Waals surface area contributed by atoms with Gasteiger partial charge in [-0.1, -0.05) is 6.07 Å². The van der Waals surface area contributed by atoms with E-state index < -0.39 is 0 Å². The molecule has 3 rings (SSSR count). The third kappa shape index (κ3) is 0.814. The molecule has 1 heterocycles. The van der Waals surface area contributed by atoms with Crippen molar-refractivity contribution in [3.8, 4) is 0 Å². The molecule has 1 aliphatic rings. The minimum atomic E-state index is -0.295. The van der Waals surface area contributed by atoms with Gasteiger partial charge in [0, 0.05) is 12.8 Å². The number of nitrogens with one attached hydrogen (secondary N) is 1. The fourth-order valence-electron chi connectivity index (χ4n) is 1.80. The van der Waals surface area contributed by atoms with Crippen LogP contribution in [-0.2, 0) is 5.54 Å². The third-order valence-electron chi connectivity index (χ3n) is 2.79. The molecule has 1 saturated carbocycles. The van der Waals surface area contributed by atoms with Gasteiger partial charge in [-0.2, -0.15) is 15.4 Å². The normalized spacial score (nSPS) is 17.9. The molecule has 1 N–H and O–H groups in total. The molecule has 4 nitrogen and oxygen atoms in total. The van der Waals surface area contributed by atoms with Crippen LogP contribution in [0, 0.1) is 6.57 Å². The second-order valence-electron chi connectivity index (χ2n) is 3.64. The first kappa shape index (κ1) is 7.51. The summed E-state index contributed by atoms with van der Waals surface area (Å²) in [4.78, 5) is 3.70. The highest BCUT2D eigenvalue weighted by molar-refractivity contribution is 5.79. The van der Waals surface area contributed by atoms with Gasteiger partial charge in [0.1, 0.15) is 11.0 Å². The van der Waals surface area contributed by atoms with Crippen LogP contribution in [0.2, 0.25) is 0 Å². The summed E-state index contributed by atoms with van der Waals surface area (Å²) in [6.45, 7) is 7.20. The van der Waals surface area contributed by atoms with Crippen molar-refractivity contribution in [1.29, 1.82) is 0 Å². The summed E-state index contributed by atoms with van der Waals surface area (Å²) in [6.07, 6.45) is 1.89. The molecule has 68 valence electrons. The summed E-state index contributed by atoms with van der Waals surface area (Å²) in [5.74, 6) is 0. The van der Waals surface area contributed by atoms with Crippen LogP contribution in [0.1, 0.15) is 18.4 Å². The zero-order valence-electron chi connectivity index (χ0n) is 7.49. The van der Waals surface area contributed by atoms with Gasteiger partial charge in [-0.25, -0.2) is 6.57 Å². The summed E-state index contributed by atoms with van der Waals surface area (Å²) >= 11 is 0. The number of H-pyrrole nitrogens is 1. The maximum atomic E-state index is 7.20. The van der Waals surface area contributed by atoms with Crippen molar-refractivity contribution in [3.63, 3.8) is 0 Å². The monoisotopic (exact) mass is 184 g/mol. The Kier molecular flexibility index (Phi) is 1.25. The highest BCUT2D eigenvalue weighted by Gasteiger charge is 2.53. The minimum Gasteiger partial charge on any atom is -0.305 e. The van der Waals surface area contributed by atoms with E-state index >= 15 is 0 Å². The first-order valence-electron chi connectivity index (χ1n) is 4.54. The lowest BCUT2D eigenvalue weighted by molar-refractivity contribution is 0.885. The van der Waals surface area contributed by atoms with E-state index in [-0.39, 0.29) is 5.54 Å². The van der Waals surface area contributed by atoms with Crippen molar-refractivity contribution in [2.45, 2.75) is 18.4 Å². The molecule has 1 aromatic heterocycles. The zero-order valence-corrected chi connectivity index (χ0v) is 7.49. The van der Waals surface area contributed by atoms with Gasteiger partial charge in [0.15, 0.2) is 0 Å². The number of para-hydroxylation sites is 1. The topological polar surface area (TPSA) is 45.9 Å². The van der Waals surface area contributed by atoms with E-state index in [9.17, 15) is 0 Å². The first-order valence-corrected chi connectivity index (χ1v) is 4.54. The molecule has 1 aromatic carbocycles. The summed E-state index contributed by atoms with van der Waals surface area (Å²) in [6, 6.07) is 5.82. The number of aromatic amines is 1. The van der Waals surface area contributed by atoms with Gasteiger partial charge < -0.3 is 4.85 Å². The predicted octanol–water partition coefficient (Wildman–Crippen LogP) is 1.87. The highest BCUT2D eigenvalue weighted by Crippen LogP contribution is 2.50. The summed E-state index contributed by atoms with van der Waals surface area (Å²) in [5, 5.41) is 10.7. The smallest absolute Gasteiger partial charge is 0.260 e. The van der Waals surface area contributed by atoms with Crippen LogP contribution in [0.5, 0.6) is 0 Å². The van der Waals surface area contributed by atoms with Gasteiger partial charge in [-0.05, 0) is 12.1 Å². The Morgan fingerprint density at radius 3 is 2.93 bits per heavy atom. The second-order valence-corrected chi connectivity index (χ2v) is 3.64. The highest BCUT2D eigenvalue weighted by atomic mass is 15.3. The maximum absolute atomic E-state index is 7.20. The molecule has 0 unspecified atom stereocenters. The molecule has 0 spiro atoms. The molecule has 1 aliphatic carbocycles. The lowest BCUT2D eigenvalue weighted by Gasteiger charge is -2.01. The Morgan fingerprint density at radius 2 is 2.21 bits per heavy atom. The van der Waals surface area contributed by atoms with Gasteiger partial charge in [0.2, 0.25) is 0 Å². The predicted molar refractivity (Wildman–Crippen MR) is 51.4 cm³/mol. The number of rotatable bonds is 1. The fraction of sp³-hybridized carbons (Fsp3) is 0.300. The number of aromatic nitrogens is 3. The van der Waals surface area contributed by atoms with Crippen molar-refractivity contribution in [1.82, 2.24) is 15.4 Å². The number of hydrogen-bond donors (Lipinski definition) is 1. The molecular weight excluding hydrogens is 176 g/mol. The Hall–Kier alpha value is -1.89. The average molecular weight is 184 g/mol. The van der Waals surface area contributed by atoms with E-state index in [1.54, 1.807) is 0 Å². The lowest BCUT2D eigenvalue weighted by Crippen LogP contribution is -2.00. The van der Waals surface area contributed by atoms with E-state index in [0.717, 1.165) is 29.4 Å². The average Bonchev–Trinajstić information content (AvgIpc) is 2.87. The Morgan fingerprint density at radius 1 is 1.36 bits per heavy atom. The Balaban J connectivity index is 2.32. The zero-order chi connectivity index (χ0) is 9.60. The fourth-order valence-corrected chi connectivity index (χ4v) is 1.80. The first-order chi connectivity index (χ1) is 6.86. The molecule has 0 aliphatic heterocycles. The molecule has 4 heteroatoms. The molecule has 0 saturated heterocycles. The van der Waals surface area contributed by atoms with Crippen LogP contribution in [0.3, 0.4) is 0 Å². The van der Waals surface area contributed by atoms with Gasteiger partial charge in [0.25, 0.3) is 5.54 Å². The van der Waals surface area contributed by atoms with Gasteiger partial charge in [-0.3, -0.25) is 0 Å². The van der Waals surface area contributed by atoms with Gasteiger partial charge >= 0.3 is 0 Å². The van der Waals surface area contributed by atoms with E-state index in [1.165, 1.54) is 0 Å². The maximum Gasteiger partial charge on any atom is 0.260 e. The molecule has 1 fully saturated rings. The van der Waals surface area contributed by atoms with Crippen LogP contribution >= 0.6 is 0 Å². The molecule has 0 radical (unpaired) electrons. The van der Waals surface area contributed by atoms with Crippen molar-refractivity contribution in [3.05, 3.63) is 35.2 Å². The van der Waals surface area contributed by atoms with E-state index in [2.05, 4.69) is 20.3 Å². The number of benzene rings is 1. The third-order valence-corrected chi connectivity index (χ3v) is 2.79. The minimum absolute atomic E-state index is 0.295. The lowest BCUT2D eigenvalue weighted by atomic mass is 10.0. The van der Waals surface area contributed by atoms with E-state index in [1.807, 2.05) is 18.2 Å². The molecular formula is C10H8N4. The van der Waals surface area contributed by atoms with Gasteiger partial charge in [-0.15, -0.1) is 0 Å². The van der Waals surface area contributed by atoms with Crippen molar-refractivity contribution >= 4 is 11.0 Å². The summed E-state index contributed by atoms with van der Waals surface area (Å²) < 4.78 is 0. The van der Waals surface area contributed by atoms with Crippen molar-refractivity contribution < 1.29 is 0 Å². The Bertz CT molecular complexity index is 530. The second kappa shape index (κ2) is 2.32. The molecule has 0 bridgehead atoms. The summed E-state index contributed by atoms with van der Waals surface area (Å²) in [5.41, 5.74) is 2.42. The summed E-state index contributed by atoms with van der Waals surface area (Å²) in [7, 11) is 0. The van der Waals surface area contributed by atoms with Crippen molar-refractivity contribution in [2.75, 3.05) is 0 Å². The van der Waals surface area contributed by atoms with Crippen LogP contribution in [0.15, 0.2) is 18.2 Å². The largest absolute Gasteiger partial charge is 0.305 e. The van der Waals surface area contributed by atoms with Gasteiger partial charge in [0.05, 0.1) is 5.56 Å². The van der Waals surface area contributed by atoms with Crippen LogP contribution in [-0.4, -0.2) is 15.4 Å². The van der Waals surface area contributed by atoms with E-state index in [4.69, 9.17) is 6.57 Å². The molecule has 2 aromatic rings. The molecule has 0 atom stereocenters. The Labute approximate surface area is 80.8 Å². The quantitative estimate of drug-likeness (QED) is 0.687. The number of hydrogen-bond acceptors (Lipinski definition) is 2. The van der Waals surface area contributed by atoms with E-state index in [0.29, 0.717) is 0 Å². The van der Waals surface area contributed by atoms with Crippen LogP contribution in [0.4, 0.5) is 0 Å².